The molecule has 2 aromatic carbocycles. The third-order valence-electron chi connectivity index (χ3n) is 5.00. The fraction of sp³-hybridized carbons (Fsp3) is 0.273. The van der Waals surface area contributed by atoms with Crippen molar-refractivity contribution in [1.29, 1.82) is 0 Å². The number of anilines is 1. The fourth-order valence-electron chi connectivity index (χ4n) is 3.26. The van der Waals surface area contributed by atoms with Gasteiger partial charge in [-0.1, -0.05) is 12.1 Å². The molecule has 2 aliphatic rings. The lowest BCUT2D eigenvalue weighted by Crippen LogP contribution is -2.30. The third kappa shape index (κ3) is 3.63. The molecule has 0 atom stereocenters. The van der Waals surface area contributed by atoms with Crippen LogP contribution in [0.3, 0.4) is 0 Å². The van der Waals surface area contributed by atoms with Gasteiger partial charge in [-0.05, 0) is 62.1 Å². The smallest absolute Gasteiger partial charge is 0.338 e. The summed E-state index contributed by atoms with van der Waals surface area (Å²) >= 11 is 0. The van der Waals surface area contributed by atoms with Gasteiger partial charge in [0.05, 0.1) is 22.4 Å². The zero-order valence-corrected chi connectivity index (χ0v) is 16.2. The van der Waals surface area contributed by atoms with Crippen LogP contribution in [0, 0.1) is 13.8 Å². The second kappa shape index (κ2) is 7.16. The molecule has 7 nitrogen and oxygen atoms in total. The van der Waals surface area contributed by atoms with Gasteiger partial charge in [-0.15, -0.1) is 0 Å². The number of nitrogens with zero attached hydrogens (tertiary/aromatic N) is 1. The summed E-state index contributed by atoms with van der Waals surface area (Å²) < 4.78 is 5.03. The first kappa shape index (κ1) is 18.9. The number of hydrogen-bond acceptors (Lipinski definition) is 5. The second-order valence-electron chi connectivity index (χ2n) is 7.41. The summed E-state index contributed by atoms with van der Waals surface area (Å²) in [5.41, 5.74) is 2.75. The molecule has 1 aliphatic carbocycles. The van der Waals surface area contributed by atoms with Crippen LogP contribution in [0.15, 0.2) is 36.4 Å². The van der Waals surface area contributed by atoms with Crippen molar-refractivity contribution < 1.29 is 23.9 Å². The first-order chi connectivity index (χ1) is 13.8. The first-order valence-corrected chi connectivity index (χ1v) is 9.41. The zero-order valence-electron chi connectivity index (χ0n) is 16.2. The molecule has 148 valence electrons. The molecule has 29 heavy (non-hydrogen) atoms. The summed E-state index contributed by atoms with van der Waals surface area (Å²) in [5, 5.41) is 2.73. The molecule has 0 saturated heterocycles. The van der Waals surface area contributed by atoms with Crippen molar-refractivity contribution in [3.05, 3.63) is 64.2 Å². The molecule has 2 aromatic rings. The number of esters is 1. The Labute approximate surface area is 167 Å². The van der Waals surface area contributed by atoms with Crippen molar-refractivity contribution in [2.45, 2.75) is 32.7 Å². The van der Waals surface area contributed by atoms with Crippen LogP contribution < -0.4 is 10.2 Å². The van der Waals surface area contributed by atoms with Gasteiger partial charge >= 0.3 is 5.97 Å². The summed E-state index contributed by atoms with van der Waals surface area (Å²) in [6.45, 7) is 3.33. The van der Waals surface area contributed by atoms with Crippen LogP contribution in [0.2, 0.25) is 0 Å². The summed E-state index contributed by atoms with van der Waals surface area (Å²) in [6, 6.07) is 9.95. The number of rotatable bonds is 5. The summed E-state index contributed by atoms with van der Waals surface area (Å²) in [4.78, 5) is 50.8. The largest absolute Gasteiger partial charge is 0.452 e. The molecule has 1 aliphatic heterocycles. The topological polar surface area (TPSA) is 92.8 Å². The van der Waals surface area contributed by atoms with E-state index in [0.717, 1.165) is 28.9 Å². The minimum atomic E-state index is -0.718. The number of carbonyl (C=O) groups is 4. The van der Waals surface area contributed by atoms with Gasteiger partial charge in [0.15, 0.2) is 6.61 Å². The highest BCUT2D eigenvalue weighted by Crippen LogP contribution is 2.31. The van der Waals surface area contributed by atoms with Gasteiger partial charge in [0.1, 0.15) is 0 Å². The van der Waals surface area contributed by atoms with Crippen molar-refractivity contribution in [2.75, 3.05) is 11.5 Å². The highest BCUT2D eigenvalue weighted by atomic mass is 16.5. The first-order valence-electron chi connectivity index (χ1n) is 9.41. The Balaban J connectivity index is 1.54. The van der Waals surface area contributed by atoms with Crippen LogP contribution in [0.25, 0.3) is 0 Å². The van der Waals surface area contributed by atoms with Gasteiger partial charge < -0.3 is 10.1 Å². The lowest BCUT2D eigenvalue weighted by Gasteiger charge is -2.17. The van der Waals surface area contributed by atoms with E-state index in [4.69, 9.17) is 4.74 Å². The van der Waals surface area contributed by atoms with Gasteiger partial charge in [-0.3, -0.25) is 14.4 Å². The number of hydrogen-bond donors (Lipinski definition) is 1. The quantitative estimate of drug-likeness (QED) is 0.624. The Morgan fingerprint density at radius 1 is 1.03 bits per heavy atom. The van der Waals surface area contributed by atoms with Crippen molar-refractivity contribution in [3.8, 4) is 0 Å². The number of carbonyl (C=O) groups excluding carboxylic acids is 4. The summed E-state index contributed by atoms with van der Waals surface area (Å²) in [7, 11) is 0. The Kier molecular flexibility index (Phi) is 4.66. The normalized spacial score (nSPS) is 15.3. The molecule has 0 unspecified atom stereocenters. The Bertz CT molecular complexity index is 1060. The van der Waals surface area contributed by atoms with Crippen molar-refractivity contribution in [2.24, 2.45) is 0 Å². The second-order valence-corrected chi connectivity index (χ2v) is 7.41. The number of amides is 3. The van der Waals surface area contributed by atoms with E-state index in [2.05, 4.69) is 5.32 Å². The summed E-state index contributed by atoms with van der Waals surface area (Å²) in [6.07, 6.45) is 1.88. The van der Waals surface area contributed by atoms with E-state index in [-0.39, 0.29) is 35.2 Å². The summed E-state index contributed by atoms with van der Waals surface area (Å²) in [5.74, 6) is -1.99. The van der Waals surface area contributed by atoms with Gasteiger partial charge in [-0.2, -0.15) is 0 Å². The molecule has 1 fully saturated rings. The molecular weight excluding hydrogens is 372 g/mol. The Hall–Kier alpha value is -3.48. The van der Waals surface area contributed by atoms with Gasteiger partial charge in [0, 0.05) is 6.04 Å². The van der Waals surface area contributed by atoms with Crippen LogP contribution in [0.5, 0.6) is 0 Å². The van der Waals surface area contributed by atoms with Crippen LogP contribution in [-0.4, -0.2) is 36.3 Å². The molecule has 1 N–H and O–H groups in total. The molecule has 0 spiro atoms. The van der Waals surface area contributed by atoms with Crippen LogP contribution in [0.4, 0.5) is 5.69 Å². The fourth-order valence-corrected chi connectivity index (χ4v) is 3.26. The van der Waals surface area contributed by atoms with E-state index in [1.807, 2.05) is 26.0 Å². The maximum atomic E-state index is 12.9. The average Bonchev–Trinajstić information content (AvgIpc) is 3.48. The predicted molar refractivity (Wildman–Crippen MR) is 105 cm³/mol. The predicted octanol–water partition coefficient (Wildman–Crippen LogP) is 2.54. The molecule has 0 radical (unpaired) electrons. The minimum absolute atomic E-state index is 0.118. The molecule has 7 heteroatoms. The van der Waals surface area contributed by atoms with Crippen molar-refractivity contribution in [3.63, 3.8) is 0 Å². The molecule has 3 amide bonds. The SMILES string of the molecule is Cc1ccc(C)c(N2C(=O)c3ccc(C(=O)OCC(=O)NC4CC4)cc3C2=O)c1. The average molecular weight is 392 g/mol. The number of nitrogens with one attached hydrogen (secondary N) is 1. The Morgan fingerprint density at radius 3 is 2.48 bits per heavy atom. The van der Waals surface area contributed by atoms with Gasteiger partial charge in [0.2, 0.25) is 0 Å². The van der Waals surface area contributed by atoms with Crippen LogP contribution in [0.1, 0.15) is 55.0 Å². The third-order valence-corrected chi connectivity index (χ3v) is 5.00. The molecular formula is C22H20N2O5. The zero-order chi connectivity index (χ0) is 20.7. The maximum absolute atomic E-state index is 12.9. The highest BCUT2D eigenvalue weighted by molar-refractivity contribution is 6.35. The van der Waals surface area contributed by atoms with E-state index in [1.54, 1.807) is 6.07 Å². The number of imide groups is 1. The van der Waals surface area contributed by atoms with E-state index in [9.17, 15) is 19.2 Å². The van der Waals surface area contributed by atoms with Gasteiger partial charge in [-0.25, -0.2) is 9.69 Å². The highest BCUT2D eigenvalue weighted by Gasteiger charge is 2.38. The van der Waals surface area contributed by atoms with E-state index < -0.39 is 17.8 Å². The van der Waals surface area contributed by atoms with Crippen molar-refractivity contribution >= 4 is 29.4 Å². The molecule has 1 heterocycles. The van der Waals surface area contributed by atoms with E-state index in [0.29, 0.717) is 5.69 Å². The molecule has 0 aromatic heterocycles. The molecule has 1 saturated carbocycles. The lowest BCUT2D eigenvalue weighted by atomic mass is 10.1. The number of ether oxygens (including phenoxy) is 1. The van der Waals surface area contributed by atoms with E-state index >= 15 is 0 Å². The standard InChI is InChI=1S/C22H20N2O5/c1-12-3-4-13(2)18(9-12)24-20(26)16-8-5-14(10-17(16)21(24)27)22(28)29-11-19(25)23-15-6-7-15/h3-5,8-10,15H,6-7,11H2,1-2H3,(H,23,25). The van der Waals surface area contributed by atoms with Crippen LogP contribution in [-0.2, 0) is 9.53 Å². The molecule has 4 rings (SSSR count). The van der Waals surface area contributed by atoms with E-state index in [1.165, 1.54) is 18.2 Å². The number of aryl methyl sites for hydroxylation is 2. The minimum Gasteiger partial charge on any atom is -0.452 e. The van der Waals surface area contributed by atoms with Crippen molar-refractivity contribution in [1.82, 2.24) is 5.32 Å². The number of benzene rings is 2. The van der Waals surface area contributed by atoms with Crippen LogP contribution >= 0.6 is 0 Å². The Morgan fingerprint density at radius 2 is 1.76 bits per heavy atom. The monoisotopic (exact) mass is 392 g/mol. The number of fused-ring (bicyclic) bond motifs is 1. The maximum Gasteiger partial charge on any atom is 0.338 e. The van der Waals surface area contributed by atoms with Gasteiger partial charge in [0.25, 0.3) is 17.7 Å². The lowest BCUT2D eigenvalue weighted by molar-refractivity contribution is -0.124. The molecule has 0 bridgehead atoms.